The van der Waals surface area contributed by atoms with Crippen molar-refractivity contribution < 1.29 is 0 Å². The molecule has 246 valence electrons. The molecule has 2 nitrogen and oxygen atoms in total. The molecule has 0 aromatic heterocycles. The number of para-hydroxylation sites is 2. The van der Waals surface area contributed by atoms with Gasteiger partial charge in [0.1, 0.15) is 0 Å². The highest BCUT2D eigenvalue weighted by molar-refractivity contribution is 6.00. The molecule has 0 saturated heterocycles. The Morgan fingerprint density at radius 3 is 1.02 bits per heavy atom. The van der Waals surface area contributed by atoms with Gasteiger partial charge in [-0.05, 0) is 99.8 Å². The molecule has 0 spiro atoms. The van der Waals surface area contributed by atoms with Crippen molar-refractivity contribution in [2.75, 3.05) is 9.80 Å². The molecule has 2 heteroatoms. The Balaban J connectivity index is 1.12. The summed E-state index contributed by atoms with van der Waals surface area (Å²) in [5.41, 5.74) is 11.4. The van der Waals surface area contributed by atoms with Crippen LogP contribution < -0.4 is 9.80 Å². The van der Waals surface area contributed by atoms with Gasteiger partial charge in [-0.1, -0.05) is 152 Å². The summed E-state index contributed by atoms with van der Waals surface area (Å²) in [7, 11) is 0. The third kappa shape index (κ3) is 5.97. The van der Waals surface area contributed by atoms with E-state index in [-0.39, 0.29) is 0 Å². The molecule has 0 atom stereocenters. The minimum atomic E-state index is 1.11. The molecule has 0 unspecified atom stereocenters. The number of hydrogen-bond donors (Lipinski definition) is 0. The minimum absolute atomic E-state index is 1.11. The molecule has 52 heavy (non-hydrogen) atoms. The van der Waals surface area contributed by atoms with E-state index in [1.54, 1.807) is 0 Å². The normalized spacial score (nSPS) is 11.1. The molecule has 0 fully saturated rings. The average molecular weight is 665 g/mol. The quantitative estimate of drug-likeness (QED) is 0.159. The fourth-order valence-electron chi connectivity index (χ4n) is 7.34. The van der Waals surface area contributed by atoms with Crippen molar-refractivity contribution in [3.8, 4) is 22.3 Å². The predicted molar refractivity (Wildman–Crippen MR) is 222 cm³/mol. The van der Waals surface area contributed by atoms with Crippen LogP contribution in [0.1, 0.15) is 0 Å². The van der Waals surface area contributed by atoms with Crippen molar-refractivity contribution in [3.05, 3.63) is 218 Å². The molecule has 9 rings (SSSR count). The summed E-state index contributed by atoms with van der Waals surface area (Å²) in [6.45, 7) is 0. The fourth-order valence-corrected chi connectivity index (χ4v) is 7.34. The van der Waals surface area contributed by atoms with Crippen LogP contribution in [0, 0.1) is 0 Å². The Bertz CT molecular complexity index is 2450. The zero-order valence-electron chi connectivity index (χ0n) is 28.7. The molecule has 9 aromatic rings. The van der Waals surface area contributed by atoms with Gasteiger partial charge in [-0.25, -0.2) is 0 Å². The van der Waals surface area contributed by atoms with Crippen LogP contribution in [-0.2, 0) is 0 Å². The van der Waals surface area contributed by atoms with Gasteiger partial charge in [-0.2, -0.15) is 0 Å². The van der Waals surface area contributed by atoms with Gasteiger partial charge in [-0.3, -0.25) is 0 Å². The average Bonchev–Trinajstić information content (AvgIpc) is 3.22. The second-order valence-electron chi connectivity index (χ2n) is 13.0. The fraction of sp³-hybridized carbons (Fsp3) is 0. The number of fused-ring (bicyclic) bond motifs is 2. The first-order valence-electron chi connectivity index (χ1n) is 17.8. The van der Waals surface area contributed by atoms with Gasteiger partial charge in [0, 0.05) is 33.5 Å². The van der Waals surface area contributed by atoms with Crippen molar-refractivity contribution in [1.29, 1.82) is 0 Å². The van der Waals surface area contributed by atoms with E-state index >= 15 is 0 Å². The Kier molecular flexibility index (Phi) is 8.24. The standard InChI is InChI=1S/C50H36N2/c1-3-24-43(25-4-1)51(49-32-14-18-37-16-7-9-30-47(37)49)45-28-12-22-41(35-45)39-20-11-21-40(34-39)42-23-13-29-46(36-42)52(44-26-5-2-6-27-44)50-33-15-19-38-17-8-10-31-48(38)50/h1-36H. The van der Waals surface area contributed by atoms with Crippen LogP contribution in [0.3, 0.4) is 0 Å². The van der Waals surface area contributed by atoms with E-state index < -0.39 is 0 Å². The summed E-state index contributed by atoms with van der Waals surface area (Å²) >= 11 is 0. The Labute approximate surface area is 305 Å². The topological polar surface area (TPSA) is 6.48 Å². The van der Waals surface area contributed by atoms with Gasteiger partial charge in [0.05, 0.1) is 11.4 Å². The molecular weight excluding hydrogens is 629 g/mol. The molecule has 0 saturated carbocycles. The SMILES string of the molecule is c1ccc(N(c2cccc(-c3cccc(-c4cccc(N(c5ccccc5)c5cccc6ccccc56)c4)c3)c2)c2cccc3ccccc23)cc1. The molecule has 0 radical (unpaired) electrons. The first kappa shape index (κ1) is 31.1. The van der Waals surface area contributed by atoms with E-state index in [1.165, 1.54) is 43.8 Å². The van der Waals surface area contributed by atoms with Crippen LogP contribution in [0.2, 0.25) is 0 Å². The van der Waals surface area contributed by atoms with Gasteiger partial charge in [0.2, 0.25) is 0 Å². The summed E-state index contributed by atoms with van der Waals surface area (Å²) in [5, 5.41) is 4.87. The highest BCUT2D eigenvalue weighted by atomic mass is 15.1. The summed E-state index contributed by atoms with van der Waals surface area (Å²) in [6, 6.07) is 78.3. The van der Waals surface area contributed by atoms with E-state index in [0.29, 0.717) is 0 Å². The smallest absolute Gasteiger partial charge is 0.0540 e. The highest BCUT2D eigenvalue weighted by Crippen LogP contribution is 2.42. The van der Waals surface area contributed by atoms with Gasteiger partial charge >= 0.3 is 0 Å². The van der Waals surface area contributed by atoms with Crippen LogP contribution in [0.5, 0.6) is 0 Å². The van der Waals surface area contributed by atoms with Crippen molar-refractivity contribution in [2.45, 2.75) is 0 Å². The van der Waals surface area contributed by atoms with Gasteiger partial charge in [0.15, 0.2) is 0 Å². The minimum Gasteiger partial charge on any atom is -0.310 e. The zero-order valence-corrected chi connectivity index (χ0v) is 28.7. The second-order valence-corrected chi connectivity index (χ2v) is 13.0. The van der Waals surface area contributed by atoms with Gasteiger partial charge < -0.3 is 9.80 Å². The monoisotopic (exact) mass is 664 g/mol. The summed E-state index contributed by atoms with van der Waals surface area (Å²) in [6.07, 6.45) is 0. The maximum absolute atomic E-state index is 2.37. The van der Waals surface area contributed by atoms with E-state index in [2.05, 4.69) is 228 Å². The molecule has 0 amide bonds. The third-order valence-corrected chi connectivity index (χ3v) is 9.78. The summed E-state index contributed by atoms with van der Waals surface area (Å²) in [5.74, 6) is 0. The molecule has 0 aliphatic rings. The van der Waals surface area contributed by atoms with Crippen molar-refractivity contribution in [1.82, 2.24) is 0 Å². The largest absolute Gasteiger partial charge is 0.310 e. The lowest BCUT2D eigenvalue weighted by Crippen LogP contribution is -2.10. The number of rotatable bonds is 8. The number of nitrogens with zero attached hydrogens (tertiary/aromatic N) is 2. The maximum Gasteiger partial charge on any atom is 0.0540 e. The van der Waals surface area contributed by atoms with E-state index in [0.717, 1.165) is 34.1 Å². The molecule has 0 aliphatic carbocycles. The van der Waals surface area contributed by atoms with E-state index in [1.807, 2.05) is 0 Å². The maximum atomic E-state index is 2.37. The molecule has 0 heterocycles. The van der Waals surface area contributed by atoms with Gasteiger partial charge in [0.25, 0.3) is 0 Å². The third-order valence-electron chi connectivity index (χ3n) is 9.78. The molecule has 0 bridgehead atoms. The predicted octanol–water partition coefficient (Wildman–Crippen LogP) is 14.3. The molecule has 0 aliphatic heterocycles. The Hall–Kier alpha value is -6.90. The van der Waals surface area contributed by atoms with Gasteiger partial charge in [-0.15, -0.1) is 0 Å². The molecule has 9 aromatic carbocycles. The van der Waals surface area contributed by atoms with Crippen molar-refractivity contribution in [3.63, 3.8) is 0 Å². The van der Waals surface area contributed by atoms with Crippen LogP contribution in [-0.4, -0.2) is 0 Å². The summed E-state index contributed by atoms with van der Waals surface area (Å²) in [4.78, 5) is 4.73. The first-order valence-corrected chi connectivity index (χ1v) is 17.8. The van der Waals surface area contributed by atoms with Crippen LogP contribution in [0.4, 0.5) is 34.1 Å². The number of anilines is 6. The van der Waals surface area contributed by atoms with E-state index in [4.69, 9.17) is 0 Å². The number of hydrogen-bond acceptors (Lipinski definition) is 2. The Morgan fingerprint density at radius 1 is 0.231 bits per heavy atom. The molecular formula is C50H36N2. The summed E-state index contributed by atoms with van der Waals surface area (Å²) < 4.78 is 0. The van der Waals surface area contributed by atoms with Crippen LogP contribution >= 0.6 is 0 Å². The number of benzene rings is 9. The lowest BCUT2D eigenvalue weighted by atomic mass is 9.97. The second kappa shape index (κ2) is 13.8. The van der Waals surface area contributed by atoms with E-state index in [9.17, 15) is 0 Å². The van der Waals surface area contributed by atoms with Crippen LogP contribution in [0.15, 0.2) is 218 Å². The zero-order chi connectivity index (χ0) is 34.7. The van der Waals surface area contributed by atoms with Crippen molar-refractivity contribution in [2.24, 2.45) is 0 Å². The lowest BCUT2D eigenvalue weighted by Gasteiger charge is -2.27. The van der Waals surface area contributed by atoms with Crippen molar-refractivity contribution >= 4 is 55.7 Å². The first-order chi connectivity index (χ1) is 25.8. The lowest BCUT2D eigenvalue weighted by molar-refractivity contribution is 1.30. The highest BCUT2D eigenvalue weighted by Gasteiger charge is 2.18. The Morgan fingerprint density at radius 2 is 0.558 bits per heavy atom. The molecule has 0 N–H and O–H groups in total. The van der Waals surface area contributed by atoms with Crippen LogP contribution in [0.25, 0.3) is 43.8 Å².